The molecule has 0 atom stereocenters. The van der Waals surface area contributed by atoms with Crippen molar-refractivity contribution in [2.24, 2.45) is 0 Å². The molecular weight excluding hydrogens is 258 g/mol. The Balaban J connectivity index is 1.81. The lowest BCUT2D eigenvalue weighted by Crippen LogP contribution is -2.14. The van der Waals surface area contributed by atoms with E-state index in [1.54, 1.807) is 30.9 Å². The summed E-state index contributed by atoms with van der Waals surface area (Å²) in [5.41, 5.74) is 0.873. The molecule has 0 saturated carbocycles. The molecule has 0 spiro atoms. The van der Waals surface area contributed by atoms with Crippen LogP contribution in [-0.2, 0) is 11.2 Å². The molecule has 7 nitrogen and oxygen atoms in total. The molecule has 0 aliphatic carbocycles. The Morgan fingerprint density at radius 2 is 1.90 bits per heavy atom. The maximum atomic E-state index is 11.7. The van der Waals surface area contributed by atoms with Gasteiger partial charge in [-0.1, -0.05) is 0 Å². The molecule has 7 heteroatoms. The number of amides is 1. The van der Waals surface area contributed by atoms with E-state index >= 15 is 0 Å². The van der Waals surface area contributed by atoms with E-state index in [1.165, 1.54) is 0 Å². The second-order valence-electron chi connectivity index (χ2n) is 3.93. The van der Waals surface area contributed by atoms with Gasteiger partial charge in [-0.3, -0.25) is 10.1 Å². The van der Waals surface area contributed by atoms with Crippen molar-refractivity contribution in [3.63, 3.8) is 0 Å². The van der Waals surface area contributed by atoms with E-state index < -0.39 is 0 Å². The number of ether oxygens (including phenoxy) is 1. The minimum absolute atomic E-state index is 0.148. The summed E-state index contributed by atoms with van der Waals surface area (Å²) in [6.07, 6.45) is 7.32. The van der Waals surface area contributed by atoms with Crippen LogP contribution in [0.25, 0.3) is 0 Å². The average molecular weight is 273 g/mol. The molecular formula is C13H15N5O2. The molecule has 0 unspecified atom stereocenters. The van der Waals surface area contributed by atoms with Gasteiger partial charge in [0.05, 0.1) is 6.61 Å². The second-order valence-corrected chi connectivity index (χ2v) is 3.93. The van der Waals surface area contributed by atoms with Crippen LogP contribution in [0.5, 0.6) is 6.01 Å². The van der Waals surface area contributed by atoms with Crippen LogP contribution in [-0.4, -0.2) is 32.4 Å². The van der Waals surface area contributed by atoms with Gasteiger partial charge in [0.15, 0.2) is 0 Å². The van der Waals surface area contributed by atoms with Crippen LogP contribution in [0.3, 0.4) is 0 Å². The van der Waals surface area contributed by atoms with Gasteiger partial charge < -0.3 is 4.74 Å². The van der Waals surface area contributed by atoms with Crippen LogP contribution in [0.4, 0.5) is 5.95 Å². The number of carbonyl (C=O) groups excluding carboxylic acids is 1. The van der Waals surface area contributed by atoms with Crippen molar-refractivity contribution in [1.82, 2.24) is 19.9 Å². The summed E-state index contributed by atoms with van der Waals surface area (Å²) in [6, 6.07) is 2.03. The monoisotopic (exact) mass is 273 g/mol. The molecule has 2 aromatic rings. The van der Waals surface area contributed by atoms with Gasteiger partial charge in [-0.25, -0.2) is 19.9 Å². The predicted molar refractivity (Wildman–Crippen MR) is 72.2 cm³/mol. The number of rotatable bonds is 6. The fourth-order valence-corrected chi connectivity index (χ4v) is 1.48. The molecule has 2 aromatic heterocycles. The molecule has 0 bridgehead atoms. The number of aromatic nitrogens is 4. The molecule has 2 rings (SSSR count). The Labute approximate surface area is 116 Å². The van der Waals surface area contributed by atoms with Gasteiger partial charge in [0.25, 0.3) is 0 Å². The highest BCUT2D eigenvalue weighted by Crippen LogP contribution is 2.06. The summed E-state index contributed by atoms with van der Waals surface area (Å²) in [7, 11) is 0. The van der Waals surface area contributed by atoms with Crippen molar-refractivity contribution < 1.29 is 9.53 Å². The minimum Gasteiger partial charge on any atom is -0.464 e. The maximum absolute atomic E-state index is 11.7. The van der Waals surface area contributed by atoms with Gasteiger partial charge in [-0.05, 0) is 25.0 Å². The number of hydrogen-bond acceptors (Lipinski definition) is 6. The van der Waals surface area contributed by atoms with Crippen LogP contribution < -0.4 is 10.1 Å². The zero-order valence-corrected chi connectivity index (χ0v) is 11.1. The Morgan fingerprint density at radius 3 is 2.55 bits per heavy atom. The van der Waals surface area contributed by atoms with E-state index in [4.69, 9.17) is 4.74 Å². The second kappa shape index (κ2) is 7.13. The van der Waals surface area contributed by atoms with Crippen molar-refractivity contribution >= 4 is 11.9 Å². The summed E-state index contributed by atoms with van der Waals surface area (Å²) in [5.74, 6) is 0.158. The Kier molecular flexibility index (Phi) is 4.94. The summed E-state index contributed by atoms with van der Waals surface area (Å²) in [4.78, 5) is 27.6. The molecule has 104 valence electrons. The van der Waals surface area contributed by atoms with Gasteiger partial charge in [-0.15, -0.1) is 0 Å². The molecule has 0 fully saturated rings. The summed E-state index contributed by atoms with van der Waals surface area (Å²) in [6.45, 7) is 2.39. The number of nitrogens with one attached hydrogen (secondary N) is 1. The highest BCUT2D eigenvalue weighted by molar-refractivity contribution is 5.88. The highest BCUT2D eigenvalue weighted by Gasteiger charge is 2.05. The molecule has 1 N–H and O–H groups in total. The first-order valence-electron chi connectivity index (χ1n) is 6.28. The van der Waals surface area contributed by atoms with Crippen LogP contribution in [0.1, 0.15) is 18.9 Å². The van der Waals surface area contributed by atoms with Crippen molar-refractivity contribution in [1.29, 1.82) is 0 Å². The van der Waals surface area contributed by atoms with E-state index in [9.17, 15) is 4.79 Å². The van der Waals surface area contributed by atoms with Crippen LogP contribution in [0.2, 0.25) is 0 Å². The van der Waals surface area contributed by atoms with Crippen molar-refractivity contribution in [2.75, 3.05) is 11.9 Å². The van der Waals surface area contributed by atoms with Gasteiger partial charge >= 0.3 is 6.01 Å². The number of hydrogen-bond donors (Lipinski definition) is 1. The average Bonchev–Trinajstić information content (AvgIpc) is 2.48. The number of nitrogens with zero attached hydrogens (tertiary/aromatic N) is 4. The zero-order chi connectivity index (χ0) is 14.2. The van der Waals surface area contributed by atoms with E-state index in [-0.39, 0.29) is 5.91 Å². The highest BCUT2D eigenvalue weighted by atomic mass is 16.5. The Hall–Kier alpha value is -2.57. The Morgan fingerprint density at radius 1 is 1.20 bits per heavy atom. The summed E-state index contributed by atoms with van der Waals surface area (Å²) < 4.78 is 5.15. The lowest BCUT2D eigenvalue weighted by Gasteiger charge is -2.04. The number of carbonyl (C=O) groups is 1. The fourth-order valence-electron chi connectivity index (χ4n) is 1.48. The molecule has 0 radical (unpaired) electrons. The van der Waals surface area contributed by atoms with Gasteiger partial charge in [0.2, 0.25) is 11.9 Å². The van der Waals surface area contributed by atoms with Gasteiger partial charge in [-0.2, -0.15) is 0 Å². The third kappa shape index (κ3) is 4.27. The third-order valence-corrected chi connectivity index (χ3v) is 2.41. The number of anilines is 1. The molecule has 0 aliphatic heterocycles. The molecule has 2 heterocycles. The Bertz CT molecular complexity index is 544. The van der Waals surface area contributed by atoms with Crippen LogP contribution >= 0.6 is 0 Å². The van der Waals surface area contributed by atoms with Crippen molar-refractivity contribution in [3.8, 4) is 6.01 Å². The van der Waals surface area contributed by atoms with E-state index in [2.05, 4.69) is 25.3 Å². The third-order valence-electron chi connectivity index (χ3n) is 2.41. The van der Waals surface area contributed by atoms with E-state index in [0.717, 1.165) is 5.56 Å². The SMILES string of the molecule is CCOc1ncc(CCC(=O)Nc2ncccn2)cn1. The minimum atomic E-state index is -0.148. The normalized spacial score (nSPS) is 10.1. The van der Waals surface area contributed by atoms with E-state index in [0.29, 0.717) is 31.4 Å². The molecule has 20 heavy (non-hydrogen) atoms. The largest absolute Gasteiger partial charge is 0.464 e. The molecule has 0 saturated heterocycles. The van der Waals surface area contributed by atoms with Crippen molar-refractivity contribution in [2.45, 2.75) is 19.8 Å². The standard InChI is InChI=1S/C13H15N5O2/c1-2-20-13-16-8-10(9-17-13)4-5-11(19)18-12-14-6-3-7-15-12/h3,6-9H,2,4-5H2,1H3,(H,14,15,18,19). The summed E-state index contributed by atoms with van der Waals surface area (Å²) >= 11 is 0. The number of aryl methyl sites for hydroxylation is 1. The van der Waals surface area contributed by atoms with Crippen LogP contribution in [0, 0.1) is 0 Å². The van der Waals surface area contributed by atoms with E-state index in [1.807, 2.05) is 6.92 Å². The fraction of sp³-hybridized carbons (Fsp3) is 0.308. The first kappa shape index (κ1) is 13.9. The first-order chi connectivity index (χ1) is 9.78. The van der Waals surface area contributed by atoms with Crippen LogP contribution in [0.15, 0.2) is 30.9 Å². The first-order valence-corrected chi connectivity index (χ1v) is 6.28. The molecule has 1 amide bonds. The van der Waals surface area contributed by atoms with Gasteiger partial charge in [0.1, 0.15) is 0 Å². The quantitative estimate of drug-likeness (QED) is 0.851. The van der Waals surface area contributed by atoms with Gasteiger partial charge in [0, 0.05) is 31.2 Å². The van der Waals surface area contributed by atoms with Crippen molar-refractivity contribution in [3.05, 3.63) is 36.4 Å². The molecule has 0 aromatic carbocycles. The predicted octanol–water partition coefficient (Wildman–Crippen LogP) is 1.24. The lowest BCUT2D eigenvalue weighted by molar-refractivity contribution is -0.116. The zero-order valence-electron chi connectivity index (χ0n) is 11.1. The maximum Gasteiger partial charge on any atom is 0.316 e. The smallest absolute Gasteiger partial charge is 0.316 e. The summed E-state index contributed by atoms with van der Waals surface area (Å²) in [5, 5.41) is 2.62. The topological polar surface area (TPSA) is 89.9 Å². The molecule has 0 aliphatic rings. The lowest BCUT2D eigenvalue weighted by atomic mass is 10.2.